The molecule has 2 aromatic carbocycles. The Balaban J connectivity index is 2.13. The lowest BCUT2D eigenvalue weighted by Gasteiger charge is -2.47. The van der Waals surface area contributed by atoms with Gasteiger partial charge in [-0.1, -0.05) is 65.8 Å². The van der Waals surface area contributed by atoms with Crippen LogP contribution in [0.4, 0.5) is 0 Å². The zero-order chi connectivity index (χ0) is 25.3. The third kappa shape index (κ3) is 3.38. The maximum absolute atomic E-state index is 13.5. The van der Waals surface area contributed by atoms with E-state index in [4.69, 9.17) is 14.2 Å². The van der Waals surface area contributed by atoms with Gasteiger partial charge in [0.2, 0.25) is 5.54 Å². The number of esters is 1. The van der Waals surface area contributed by atoms with Crippen molar-refractivity contribution in [1.29, 1.82) is 0 Å². The zero-order valence-electron chi connectivity index (χ0n) is 21.6. The van der Waals surface area contributed by atoms with E-state index in [0.717, 1.165) is 27.8 Å². The number of carbonyl (C=O) groups is 1. The summed E-state index contributed by atoms with van der Waals surface area (Å²) in [5, 5.41) is 11.3. The predicted molar refractivity (Wildman–Crippen MR) is 132 cm³/mol. The molecule has 0 unspecified atom stereocenters. The van der Waals surface area contributed by atoms with Gasteiger partial charge in [0.15, 0.2) is 6.40 Å². The molecule has 0 bridgehead atoms. The Hall–Kier alpha value is -3.02. The minimum absolute atomic E-state index is 0.279. The Morgan fingerprint density at radius 2 is 1.65 bits per heavy atom. The molecule has 182 valence electrons. The van der Waals surface area contributed by atoms with Crippen LogP contribution in [0.3, 0.4) is 0 Å². The van der Waals surface area contributed by atoms with Gasteiger partial charge in [0.25, 0.3) is 5.79 Å². The molecule has 1 N–H and O–H groups in total. The van der Waals surface area contributed by atoms with Crippen LogP contribution in [0.2, 0.25) is 0 Å². The Morgan fingerprint density at radius 1 is 1.06 bits per heavy atom. The van der Waals surface area contributed by atoms with Crippen molar-refractivity contribution in [2.45, 2.75) is 83.5 Å². The average molecular weight is 466 g/mol. The van der Waals surface area contributed by atoms with Crippen LogP contribution in [0.15, 0.2) is 35.3 Å². The van der Waals surface area contributed by atoms with E-state index in [1.807, 2.05) is 37.3 Å². The Morgan fingerprint density at radius 3 is 2.18 bits per heavy atom. The molecule has 4 rings (SSSR count). The highest BCUT2D eigenvalue weighted by Gasteiger charge is 2.70. The van der Waals surface area contributed by atoms with Gasteiger partial charge in [-0.25, -0.2) is 9.79 Å². The molecule has 0 aliphatic carbocycles. The summed E-state index contributed by atoms with van der Waals surface area (Å²) < 4.78 is 17.5. The highest BCUT2D eigenvalue weighted by Crippen LogP contribution is 2.56. The first-order chi connectivity index (χ1) is 15.7. The summed E-state index contributed by atoms with van der Waals surface area (Å²) in [6.07, 6.45) is 1.29. The smallest absolute Gasteiger partial charge is 0.343 e. The third-order valence-electron chi connectivity index (χ3n) is 7.01. The Bertz CT molecular complexity index is 1150. The molecule has 2 heterocycles. The van der Waals surface area contributed by atoms with Crippen LogP contribution in [-0.4, -0.2) is 35.9 Å². The van der Waals surface area contributed by atoms with Gasteiger partial charge in [0.1, 0.15) is 11.5 Å². The summed E-state index contributed by atoms with van der Waals surface area (Å²) in [7, 11) is 1.35. The maximum atomic E-state index is 13.5. The normalized spacial score (nSPS) is 25.7. The molecule has 0 spiro atoms. The molecule has 0 saturated carbocycles. The number of fused-ring (bicyclic) bond motifs is 2. The first-order valence-corrected chi connectivity index (χ1v) is 11.6. The van der Waals surface area contributed by atoms with Gasteiger partial charge >= 0.3 is 5.97 Å². The molecule has 0 aromatic heterocycles. The number of aliphatic imine (C=N–C) groups is 1. The molecule has 6 nitrogen and oxygen atoms in total. The largest absolute Gasteiger partial charge is 0.507 e. The molecule has 6 heteroatoms. The zero-order valence-corrected chi connectivity index (χ0v) is 21.6. The summed E-state index contributed by atoms with van der Waals surface area (Å²) in [5.41, 5.74) is 2.14. The predicted octanol–water partition coefficient (Wildman–Crippen LogP) is 5.51. The number of benzene rings is 2. The van der Waals surface area contributed by atoms with E-state index in [1.165, 1.54) is 13.5 Å². The second-order valence-corrected chi connectivity index (χ2v) is 11.6. The fraction of sp³-hybridized carbons (Fsp3) is 0.500. The Labute approximate surface area is 202 Å². The highest BCUT2D eigenvalue weighted by molar-refractivity contribution is 5.89. The molecule has 0 saturated heterocycles. The van der Waals surface area contributed by atoms with Crippen molar-refractivity contribution in [3.05, 3.63) is 58.1 Å². The van der Waals surface area contributed by atoms with Gasteiger partial charge in [-0.3, -0.25) is 0 Å². The van der Waals surface area contributed by atoms with Crippen molar-refractivity contribution >= 4 is 12.4 Å². The SMILES string of the molecule is COC(=O)[C@]12N=CO[C@@]1(C)Oc1cc(C)ccc1[C@H]2c1cc(C(C)(C)C)c(O)c(C(C)(C)C)c1. The van der Waals surface area contributed by atoms with E-state index < -0.39 is 23.2 Å². The summed E-state index contributed by atoms with van der Waals surface area (Å²) in [6.45, 7) is 16.1. The summed E-state index contributed by atoms with van der Waals surface area (Å²) in [4.78, 5) is 18.1. The van der Waals surface area contributed by atoms with Crippen LogP contribution in [0, 0.1) is 6.92 Å². The fourth-order valence-corrected chi connectivity index (χ4v) is 5.16. The van der Waals surface area contributed by atoms with Crippen LogP contribution >= 0.6 is 0 Å². The summed E-state index contributed by atoms with van der Waals surface area (Å²) >= 11 is 0. The van der Waals surface area contributed by atoms with Crippen molar-refractivity contribution in [3.63, 3.8) is 0 Å². The molecular weight excluding hydrogens is 430 g/mol. The van der Waals surface area contributed by atoms with Crippen molar-refractivity contribution in [2.24, 2.45) is 4.99 Å². The molecule has 2 aromatic rings. The van der Waals surface area contributed by atoms with Crippen LogP contribution in [-0.2, 0) is 25.1 Å². The minimum atomic E-state index is -1.49. The molecule has 3 atom stereocenters. The lowest BCUT2D eigenvalue weighted by molar-refractivity contribution is -0.186. The molecular formula is C28H35NO5. The number of nitrogens with zero attached hydrogens (tertiary/aromatic N) is 1. The number of hydrogen-bond donors (Lipinski definition) is 1. The number of phenols is 1. The van der Waals surface area contributed by atoms with Crippen LogP contribution < -0.4 is 4.74 Å². The van der Waals surface area contributed by atoms with Crippen molar-refractivity contribution < 1.29 is 24.1 Å². The van der Waals surface area contributed by atoms with E-state index in [0.29, 0.717) is 5.75 Å². The molecule has 2 aliphatic rings. The standard InChI is InChI=1S/C28H35NO5/c1-16-10-11-18-21(12-16)34-27(8)28(24(31)32-9,29-15-33-27)22(18)17-13-19(25(2,3)4)23(30)20(14-17)26(5,6)7/h10-15,22,30H,1-9H3/t22-,27+,28+/m1/s1. The number of ether oxygens (including phenoxy) is 3. The van der Waals surface area contributed by atoms with Crippen molar-refractivity contribution in [3.8, 4) is 11.5 Å². The second kappa shape index (κ2) is 7.49. The van der Waals surface area contributed by atoms with Gasteiger partial charge in [-0.15, -0.1) is 0 Å². The van der Waals surface area contributed by atoms with E-state index >= 15 is 0 Å². The van der Waals surface area contributed by atoms with E-state index in [-0.39, 0.29) is 16.6 Å². The lowest BCUT2D eigenvalue weighted by Crippen LogP contribution is -2.64. The number of rotatable bonds is 2. The summed E-state index contributed by atoms with van der Waals surface area (Å²) in [6, 6.07) is 9.91. The Kier molecular flexibility index (Phi) is 5.31. The third-order valence-corrected chi connectivity index (χ3v) is 7.01. The molecule has 0 fully saturated rings. The van der Waals surface area contributed by atoms with Crippen LogP contribution in [0.25, 0.3) is 0 Å². The highest BCUT2D eigenvalue weighted by atomic mass is 16.7. The lowest BCUT2D eigenvalue weighted by atomic mass is 9.67. The average Bonchev–Trinajstić information content (AvgIpc) is 3.07. The fourth-order valence-electron chi connectivity index (χ4n) is 5.16. The van der Waals surface area contributed by atoms with Crippen LogP contribution in [0.1, 0.15) is 82.2 Å². The molecule has 2 aliphatic heterocycles. The molecule has 34 heavy (non-hydrogen) atoms. The summed E-state index contributed by atoms with van der Waals surface area (Å²) in [5.74, 6) is -1.58. The van der Waals surface area contributed by atoms with Gasteiger partial charge in [0, 0.05) is 12.5 Å². The number of phenolic OH excluding ortho intramolecular Hbond substituents is 1. The maximum Gasteiger partial charge on any atom is 0.343 e. The molecule has 0 amide bonds. The van der Waals surface area contributed by atoms with Gasteiger partial charge < -0.3 is 19.3 Å². The van der Waals surface area contributed by atoms with Crippen molar-refractivity contribution in [2.75, 3.05) is 7.11 Å². The first-order valence-electron chi connectivity index (χ1n) is 11.6. The van der Waals surface area contributed by atoms with E-state index in [9.17, 15) is 9.90 Å². The first kappa shape index (κ1) is 24.1. The van der Waals surface area contributed by atoms with Crippen LogP contribution in [0.5, 0.6) is 11.5 Å². The number of hydrogen-bond acceptors (Lipinski definition) is 6. The van der Waals surface area contributed by atoms with Gasteiger partial charge in [0.05, 0.1) is 13.0 Å². The minimum Gasteiger partial charge on any atom is -0.507 e. The van der Waals surface area contributed by atoms with Crippen molar-refractivity contribution in [1.82, 2.24) is 0 Å². The van der Waals surface area contributed by atoms with E-state index in [1.54, 1.807) is 6.92 Å². The number of aromatic hydroxyl groups is 1. The number of aryl methyl sites for hydroxylation is 1. The number of methoxy groups -OCH3 is 1. The van der Waals surface area contributed by atoms with Gasteiger partial charge in [-0.05, 0) is 46.1 Å². The van der Waals surface area contributed by atoms with Gasteiger partial charge in [-0.2, -0.15) is 0 Å². The number of carbonyl (C=O) groups excluding carboxylic acids is 1. The second-order valence-electron chi connectivity index (χ2n) is 11.6. The topological polar surface area (TPSA) is 77.4 Å². The molecule has 0 radical (unpaired) electrons. The van der Waals surface area contributed by atoms with E-state index in [2.05, 4.69) is 46.5 Å². The quantitative estimate of drug-likeness (QED) is 0.592. The monoisotopic (exact) mass is 465 g/mol.